The van der Waals surface area contributed by atoms with Gasteiger partial charge in [-0.15, -0.1) is 0 Å². The Balaban J connectivity index is 2.01. The van der Waals surface area contributed by atoms with Crippen LogP contribution in [0.5, 0.6) is 0 Å². The monoisotopic (exact) mass is 310 g/mol. The molecule has 0 bridgehead atoms. The molecule has 0 aromatic carbocycles. The van der Waals surface area contributed by atoms with Crippen molar-refractivity contribution in [2.24, 2.45) is 16.8 Å². The number of guanidine groups is 1. The van der Waals surface area contributed by atoms with Crippen LogP contribution in [0.25, 0.3) is 0 Å². The van der Waals surface area contributed by atoms with Crippen molar-refractivity contribution in [2.45, 2.75) is 59.3 Å². The first-order chi connectivity index (χ1) is 10.7. The highest BCUT2D eigenvalue weighted by molar-refractivity contribution is 5.79. The molecule has 1 atom stereocenters. The lowest BCUT2D eigenvalue weighted by Crippen LogP contribution is -2.40. The Labute approximate surface area is 138 Å². The van der Waals surface area contributed by atoms with Crippen LogP contribution < -0.4 is 10.6 Å². The maximum Gasteiger partial charge on any atom is 0.190 e. The van der Waals surface area contributed by atoms with Crippen molar-refractivity contribution in [3.05, 3.63) is 0 Å². The summed E-state index contributed by atoms with van der Waals surface area (Å²) in [6, 6.07) is 0. The molecule has 130 valence electrons. The Kier molecular flexibility index (Phi) is 10.3. The van der Waals surface area contributed by atoms with Crippen molar-refractivity contribution in [2.75, 3.05) is 39.8 Å². The topological polar surface area (TPSA) is 39.7 Å². The zero-order chi connectivity index (χ0) is 16.2. The molecule has 1 aliphatic rings. The molecule has 1 heterocycles. The van der Waals surface area contributed by atoms with Crippen LogP contribution in [0.3, 0.4) is 0 Å². The molecule has 1 unspecified atom stereocenters. The molecule has 0 amide bonds. The van der Waals surface area contributed by atoms with E-state index in [1.165, 1.54) is 58.2 Å². The van der Waals surface area contributed by atoms with Gasteiger partial charge in [0.1, 0.15) is 0 Å². The van der Waals surface area contributed by atoms with Crippen LogP contribution in [0.1, 0.15) is 59.3 Å². The minimum absolute atomic E-state index is 0.773. The van der Waals surface area contributed by atoms with Crippen molar-refractivity contribution in [3.8, 4) is 0 Å². The molecule has 1 fully saturated rings. The second-order valence-electron chi connectivity index (χ2n) is 7.02. The molecule has 1 aliphatic heterocycles. The third-order valence-electron chi connectivity index (χ3n) is 4.60. The molecule has 1 rings (SSSR count). The lowest BCUT2D eigenvalue weighted by Gasteiger charge is -2.16. The zero-order valence-corrected chi connectivity index (χ0v) is 15.3. The summed E-state index contributed by atoms with van der Waals surface area (Å²) in [6.45, 7) is 12.6. The summed E-state index contributed by atoms with van der Waals surface area (Å²) in [5.41, 5.74) is 0. The van der Waals surface area contributed by atoms with Crippen LogP contribution in [0, 0.1) is 11.8 Å². The second-order valence-corrected chi connectivity index (χ2v) is 7.02. The Bertz CT molecular complexity index is 301. The Hall–Kier alpha value is -0.770. The van der Waals surface area contributed by atoms with Crippen LogP contribution in [-0.2, 0) is 0 Å². The lowest BCUT2D eigenvalue weighted by atomic mass is 10.0. The first kappa shape index (κ1) is 19.3. The van der Waals surface area contributed by atoms with Gasteiger partial charge in [0.2, 0.25) is 0 Å². The number of nitrogens with zero attached hydrogens (tertiary/aromatic N) is 2. The normalized spacial score (nSPS) is 19.9. The molecule has 0 saturated carbocycles. The van der Waals surface area contributed by atoms with Crippen molar-refractivity contribution < 1.29 is 0 Å². The highest BCUT2D eigenvalue weighted by Crippen LogP contribution is 2.14. The Morgan fingerprint density at radius 2 is 1.95 bits per heavy atom. The van der Waals surface area contributed by atoms with Gasteiger partial charge in [0.05, 0.1) is 0 Å². The summed E-state index contributed by atoms with van der Waals surface area (Å²) in [4.78, 5) is 6.85. The first-order valence-corrected chi connectivity index (χ1v) is 9.32. The number of hydrogen-bond donors (Lipinski definition) is 2. The highest BCUT2D eigenvalue weighted by Gasteiger charge is 2.20. The van der Waals surface area contributed by atoms with Crippen molar-refractivity contribution in [1.29, 1.82) is 0 Å². The van der Waals surface area contributed by atoms with E-state index in [1.807, 2.05) is 7.05 Å². The van der Waals surface area contributed by atoms with Gasteiger partial charge < -0.3 is 15.5 Å². The molecule has 0 aromatic heterocycles. The first-order valence-electron chi connectivity index (χ1n) is 9.32. The maximum absolute atomic E-state index is 4.33. The van der Waals surface area contributed by atoms with Crippen LogP contribution in [0.2, 0.25) is 0 Å². The van der Waals surface area contributed by atoms with E-state index in [4.69, 9.17) is 0 Å². The average molecular weight is 311 g/mol. The number of nitrogens with one attached hydrogen (secondary N) is 2. The van der Waals surface area contributed by atoms with Gasteiger partial charge in [-0.3, -0.25) is 4.99 Å². The molecule has 4 heteroatoms. The summed E-state index contributed by atoms with van der Waals surface area (Å²) >= 11 is 0. The number of aliphatic imine (C=N–C) groups is 1. The van der Waals surface area contributed by atoms with Crippen LogP contribution in [-0.4, -0.2) is 50.6 Å². The fraction of sp³-hybridized carbons (Fsp3) is 0.944. The fourth-order valence-corrected chi connectivity index (χ4v) is 3.07. The Morgan fingerprint density at radius 3 is 2.59 bits per heavy atom. The molecule has 0 radical (unpaired) electrons. The zero-order valence-electron chi connectivity index (χ0n) is 15.3. The molecule has 4 nitrogen and oxygen atoms in total. The van der Waals surface area contributed by atoms with E-state index in [1.54, 1.807) is 0 Å². The van der Waals surface area contributed by atoms with E-state index < -0.39 is 0 Å². The van der Waals surface area contributed by atoms with Crippen molar-refractivity contribution in [3.63, 3.8) is 0 Å². The summed E-state index contributed by atoms with van der Waals surface area (Å²) in [6.07, 6.45) is 7.98. The van der Waals surface area contributed by atoms with Gasteiger partial charge >= 0.3 is 0 Å². The van der Waals surface area contributed by atoms with Crippen LogP contribution in [0.15, 0.2) is 4.99 Å². The van der Waals surface area contributed by atoms with Gasteiger partial charge in [-0.2, -0.15) is 0 Å². The summed E-state index contributed by atoms with van der Waals surface area (Å²) in [5.74, 6) is 2.59. The van der Waals surface area contributed by atoms with Crippen molar-refractivity contribution in [1.82, 2.24) is 15.5 Å². The standard InChI is InChI=1S/C18H38N4/c1-5-22-13-11-17(15-22)14-21-18(19-4)20-12-9-7-6-8-10-16(2)3/h16-17H,5-15H2,1-4H3,(H2,19,20,21). The van der Waals surface area contributed by atoms with Crippen LogP contribution in [0.4, 0.5) is 0 Å². The molecular weight excluding hydrogens is 272 g/mol. The van der Waals surface area contributed by atoms with Gasteiger partial charge in [0.25, 0.3) is 0 Å². The third kappa shape index (κ3) is 8.62. The summed E-state index contributed by atoms with van der Waals surface area (Å²) in [5, 5.41) is 6.93. The predicted octanol–water partition coefficient (Wildman–Crippen LogP) is 3.10. The van der Waals surface area contributed by atoms with E-state index in [-0.39, 0.29) is 0 Å². The van der Waals surface area contributed by atoms with E-state index in [0.29, 0.717) is 0 Å². The van der Waals surface area contributed by atoms with Gasteiger partial charge in [-0.1, -0.05) is 46.5 Å². The lowest BCUT2D eigenvalue weighted by molar-refractivity contribution is 0.342. The number of rotatable bonds is 10. The van der Waals surface area contributed by atoms with Crippen molar-refractivity contribution >= 4 is 5.96 Å². The highest BCUT2D eigenvalue weighted by atomic mass is 15.2. The minimum atomic E-state index is 0.773. The molecule has 0 spiro atoms. The van der Waals surface area contributed by atoms with Gasteiger partial charge in [0, 0.05) is 26.7 Å². The largest absolute Gasteiger partial charge is 0.356 e. The molecule has 1 saturated heterocycles. The van der Waals surface area contributed by atoms with Crippen LogP contribution >= 0.6 is 0 Å². The van der Waals surface area contributed by atoms with E-state index in [9.17, 15) is 0 Å². The van der Waals surface area contributed by atoms with E-state index >= 15 is 0 Å². The van der Waals surface area contributed by atoms with Gasteiger partial charge in [-0.05, 0) is 37.8 Å². The van der Waals surface area contributed by atoms with Gasteiger partial charge in [-0.25, -0.2) is 0 Å². The van der Waals surface area contributed by atoms with E-state index in [2.05, 4.69) is 41.3 Å². The summed E-state index contributed by atoms with van der Waals surface area (Å²) < 4.78 is 0. The van der Waals surface area contributed by atoms with Gasteiger partial charge in [0.15, 0.2) is 5.96 Å². The van der Waals surface area contributed by atoms with E-state index in [0.717, 1.165) is 30.9 Å². The molecule has 0 aromatic rings. The molecule has 0 aliphatic carbocycles. The smallest absolute Gasteiger partial charge is 0.190 e. The Morgan fingerprint density at radius 1 is 1.18 bits per heavy atom. The number of unbranched alkanes of at least 4 members (excludes halogenated alkanes) is 3. The fourth-order valence-electron chi connectivity index (χ4n) is 3.07. The second kappa shape index (κ2) is 11.8. The predicted molar refractivity (Wildman–Crippen MR) is 97.5 cm³/mol. The third-order valence-corrected chi connectivity index (χ3v) is 4.60. The minimum Gasteiger partial charge on any atom is -0.356 e. The SMILES string of the molecule is CCN1CCC(CNC(=NC)NCCCCCCC(C)C)C1. The maximum atomic E-state index is 4.33. The molecule has 2 N–H and O–H groups in total. The summed E-state index contributed by atoms with van der Waals surface area (Å²) in [7, 11) is 1.87. The number of hydrogen-bond acceptors (Lipinski definition) is 2. The molecule has 22 heavy (non-hydrogen) atoms. The quantitative estimate of drug-likeness (QED) is 0.370. The molecular formula is C18H38N4. The number of likely N-dealkylation sites (tertiary alicyclic amines) is 1. The average Bonchev–Trinajstić information content (AvgIpc) is 2.97.